The minimum Gasteiger partial charge on any atom is -0.348 e. The Hall–Kier alpha value is -1.61. The van der Waals surface area contributed by atoms with Crippen molar-refractivity contribution in [2.75, 3.05) is 5.88 Å². The number of fused-ring (bicyclic) bond motifs is 1. The maximum absolute atomic E-state index is 12.6. The summed E-state index contributed by atoms with van der Waals surface area (Å²) in [4.78, 5) is 16.8. The van der Waals surface area contributed by atoms with Gasteiger partial charge in [0.25, 0.3) is 5.91 Å². The highest BCUT2D eigenvalue weighted by Crippen LogP contribution is 2.26. The number of nitrogens with zero attached hydrogens (tertiary/aromatic N) is 1. The van der Waals surface area contributed by atoms with E-state index in [0.717, 1.165) is 30.0 Å². The van der Waals surface area contributed by atoms with Gasteiger partial charge in [0.05, 0.1) is 0 Å². The Labute approximate surface area is 129 Å². The lowest BCUT2D eigenvalue weighted by Gasteiger charge is -2.30. The molecule has 1 saturated carbocycles. The number of rotatable bonds is 3. The summed E-state index contributed by atoms with van der Waals surface area (Å²) in [5.41, 5.74) is 0.506. The van der Waals surface area contributed by atoms with Gasteiger partial charge in [0.2, 0.25) is 0 Å². The van der Waals surface area contributed by atoms with Gasteiger partial charge in [0, 0.05) is 23.5 Å². The number of carbonyl (C=O) groups excluding carboxylic acids is 1. The van der Waals surface area contributed by atoms with Gasteiger partial charge in [-0.25, -0.2) is 0 Å². The van der Waals surface area contributed by atoms with Gasteiger partial charge in [0.1, 0.15) is 5.69 Å². The summed E-state index contributed by atoms with van der Waals surface area (Å²) in [6, 6.07) is 9.93. The molecule has 3 rings (SSSR count). The molecule has 0 saturated heterocycles. The second kappa shape index (κ2) is 6.44. The zero-order chi connectivity index (χ0) is 14.7. The number of alkyl halides is 1. The number of halogens is 1. The van der Waals surface area contributed by atoms with Crippen molar-refractivity contribution in [3.8, 4) is 0 Å². The molecule has 3 nitrogen and oxygen atoms in total. The molecule has 21 heavy (non-hydrogen) atoms. The minimum absolute atomic E-state index is 0.0891. The number of carbonyl (C=O) groups is 1. The third kappa shape index (κ3) is 3.03. The summed E-state index contributed by atoms with van der Waals surface area (Å²) in [7, 11) is 0. The monoisotopic (exact) mass is 302 g/mol. The first-order valence-corrected chi connectivity index (χ1v) is 8.03. The van der Waals surface area contributed by atoms with E-state index in [9.17, 15) is 4.79 Å². The molecule has 1 fully saturated rings. The summed E-state index contributed by atoms with van der Waals surface area (Å²) >= 11 is 6.03. The van der Waals surface area contributed by atoms with Crippen LogP contribution in [0.3, 0.4) is 0 Å². The largest absolute Gasteiger partial charge is 0.348 e. The maximum atomic E-state index is 12.6. The van der Waals surface area contributed by atoms with Crippen LogP contribution in [0.25, 0.3) is 10.8 Å². The fraction of sp³-hybridized carbons (Fsp3) is 0.412. The molecule has 0 radical (unpaired) electrons. The summed E-state index contributed by atoms with van der Waals surface area (Å²) in [5, 5.41) is 5.08. The standard InChI is InChI=1S/C17H19ClN2O/c18-11-13-6-2-4-8-15(13)20-17(21)16-14-7-3-1-5-12(14)9-10-19-16/h1,3,5,7,9-10,13,15H,2,4,6,8,11H2,(H,20,21). The number of hydrogen-bond donors (Lipinski definition) is 1. The van der Waals surface area contributed by atoms with Gasteiger partial charge in [-0.2, -0.15) is 0 Å². The average Bonchev–Trinajstić information content (AvgIpc) is 2.54. The SMILES string of the molecule is O=C(NC1CCCCC1CCl)c1nccc2ccccc12. The number of benzene rings is 1. The van der Waals surface area contributed by atoms with E-state index in [4.69, 9.17) is 11.6 Å². The van der Waals surface area contributed by atoms with Crippen LogP contribution in [-0.2, 0) is 0 Å². The van der Waals surface area contributed by atoms with E-state index in [1.165, 1.54) is 6.42 Å². The van der Waals surface area contributed by atoms with Crippen molar-refractivity contribution in [1.29, 1.82) is 0 Å². The topological polar surface area (TPSA) is 42.0 Å². The second-order valence-electron chi connectivity index (χ2n) is 5.66. The molecule has 0 bridgehead atoms. The predicted octanol–water partition coefficient (Wildman–Crippen LogP) is 3.76. The molecule has 110 valence electrons. The van der Waals surface area contributed by atoms with Gasteiger partial charge in [0.15, 0.2) is 0 Å². The first-order valence-electron chi connectivity index (χ1n) is 7.50. The van der Waals surface area contributed by atoms with Gasteiger partial charge in [-0.1, -0.05) is 37.1 Å². The van der Waals surface area contributed by atoms with E-state index in [-0.39, 0.29) is 11.9 Å². The molecule has 1 heterocycles. The Morgan fingerprint density at radius 1 is 1.24 bits per heavy atom. The molecule has 0 spiro atoms. The minimum atomic E-state index is -0.0891. The van der Waals surface area contributed by atoms with Crippen LogP contribution in [0.4, 0.5) is 0 Å². The van der Waals surface area contributed by atoms with Crippen LogP contribution in [0.5, 0.6) is 0 Å². The number of hydrogen-bond acceptors (Lipinski definition) is 2. The molecule has 1 amide bonds. The molecule has 2 aromatic rings. The third-order valence-electron chi connectivity index (χ3n) is 4.31. The molecule has 2 atom stereocenters. The highest BCUT2D eigenvalue weighted by atomic mass is 35.5. The van der Waals surface area contributed by atoms with Crippen LogP contribution in [-0.4, -0.2) is 22.8 Å². The zero-order valence-corrected chi connectivity index (χ0v) is 12.6. The van der Waals surface area contributed by atoms with Crippen LogP contribution in [0.1, 0.15) is 36.2 Å². The van der Waals surface area contributed by atoms with E-state index in [1.54, 1.807) is 6.20 Å². The highest BCUT2D eigenvalue weighted by Gasteiger charge is 2.26. The molecule has 1 aliphatic rings. The van der Waals surface area contributed by atoms with Crippen molar-refractivity contribution in [2.24, 2.45) is 5.92 Å². The Morgan fingerprint density at radius 2 is 2.05 bits per heavy atom. The fourth-order valence-corrected chi connectivity index (χ4v) is 3.49. The lowest BCUT2D eigenvalue weighted by Crippen LogP contribution is -2.43. The third-order valence-corrected chi connectivity index (χ3v) is 4.71. The van der Waals surface area contributed by atoms with Crippen LogP contribution in [0.15, 0.2) is 36.5 Å². The van der Waals surface area contributed by atoms with Crippen LogP contribution < -0.4 is 5.32 Å². The van der Waals surface area contributed by atoms with Crippen molar-refractivity contribution in [3.63, 3.8) is 0 Å². The van der Waals surface area contributed by atoms with Gasteiger partial charge >= 0.3 is 0 Å². The molecule has 0 aliphatic heterocycles. The second-order valence-corrected chi connectivity index (χ2v) is 5.97. The molecule has 1 aromatic carbocycles. The Kier molecular flexibility index (Phi) is 4.39. The van der Waals surface area contributed by atoms with Crippen molar-refractivity contribution in [1.82, 2.24) is 10.3 Å². The van der Waals surface area contributed by atoms with Crippen LogP contribution in [0.2, 0.25) is 0 Å². The zero-order valence-electron chi connectivity index (χ0n) is 11.9. The fourth-order valence-electron chi connectivity index (χ4n) is 3.12. The summed E-state index contributed by atoms with van der Waals surface area (Å²) < 4.78 is 0. The van der Waals surface area contributed by atoms with Crippen molar-refractivity contribution >= 4 is 28.3 Å². The van der Waals surface area contributed by atoms with Crippen molar-refractivity contribution in [2.45, 2.75) is 31.7 Å². The quantitative estimate of drug-likeness (QED) is 0.877. The Bertz CT molecular complexity index is 638. The lowest BCUT2D eigenvalue weighted by molar-refractivity contribution is 0.0908. The predicted molar refractivity (Wildman–Crippen MR) is 85.7 cm³/mol. The van der Waals surface area contributed by atoms with E-state index in [0.29, 0.717) is 17.5 Å². The van der Waals surface area contributed by atoms with E-state index >= 15 is 0 Å². The van der Waals surface area contributed by atoms with Gasteiger partial charge in [-0.05, 0) is 30.2 Å². The van der Waals surface area contributed by atoms with Gasteiger partial charge in [-0.3, -0.25) is 9.78 Å². The number of pyridine rings is 1. The van der Waals surface area contributed by atoms with E-state index < -0.39 is 0 Å². The molecule has 2 unspecified atom stereocenters. The number of amides is 1. The molecule has 1 N–H and O–H groups in total. The molecule has 4 heteroatoms. The number of nitrogens with one attached hydrogen (secondary N) is 1. The average molecular weight is 303 g/mol. The summed E-state index contributed by atoms with van der Waals surface area (Å²) in [6.07, 6.45) is 6.15. The van der Waals surface area contributed by atoms with Crippen molar-refractivity contribution < 1.29 is 4.79 Å². The molecular weight excluding hydrogens is 284 g/mol. The maximum Gasteiger partial charge on any atom is 0.270 e. The van der Waals surface area contributed by atoms with E-state index in [1.807, 2.05) is 30.3 Å². The Balaban J connectivity index is 1.84. The lowest BCUT2D eigenvalue weighted by atomic mass is 9.85. The first-order chi connectivity index (χ1) is 10.3. The van der Waals surface area contributed by atoms with Crippen molar-refractivity contribution in [3.05, 3.63) is 42.2 Å². The summed E-state index contributed by atoms with van der Waals surface area (Å²) in [5.74, 6) is 0.890. The first kappa shape index (κ1) is 14.3. The Morgan fingerprint density at radius 3 is 2.90 bits per heavy atom. The van der Waals surface area contributed by atoms with Crippen LogP contribution >= 0.6 is 11.6 Å². The molecule has 1 aliphatic carbocycles. The van der Waals surface area contributed by atoms with Crippen LogP contribution in [0, 0.1) is 5.92 Å². The highest BCUT2D eigenvalue weighted by molar-refractivity contribution is 6.18. The number of aromatic nitrogens is 1. The van der Waals surface area contributed by atoms with Gasteiger partial charge < -0.3 is 5.32 Å². The van der Waals surface area contributed by atoms with Gasteiger partial charge in [-0.15, -0.1) is 11.6 Å². The smallest absolute Gasteiger partial charge is 0.270 e. The molecular formula is C17H19ClN2O. The summed E-state index contributed by atoms with van der Waals surface area (Å²) in [6.45, 7) is 0. The molecule has 1 aromatic heterocycles. The van der Waals surface area contributed by atoms with E-state index in [2.05, 4.69) is 10.3 Å². The normalized spacial score (nSPS) is 22.1.